The first-order valence-electron chi connectivity index (χ1n) is 3.66. The van der Waals surface area contributed by atoms with E-state index >= 15 is 0 Å². The molecule has 0 heterocycles. The Labute approximate surface area is 85.1 Å². The van der Waals surface area contributed by atoms with Gasteiger partial charge < -0.3 is 9.84 Å². The van der Waals surface area contributed by atoms with Gasteiger partial charge in [0.05, 0.1) is 17.7 Å². The molecule has 1 N–H and O–H groups in total. The van der Waals surface area contributed by atoms with E-state index in [0.717, 1.165) is 0 Å². The van der Waals surface area contributed by atoms with E-state index < -0.39 is 11.7 Å². The molecule has 0 fully saturated rings. The van der Waals surface area contributed by atoms with Crippen LogP contribution in [0.4, 0.5) is 0 Å². The number of methoxy groups -OCH3 is 1. The van der Waals surface area contributed by atoms with Crippen molar-refractivity contribution in [2.24, 2.45) is 0 Å². The highest BCUT2D eigenvalue weighted by Gasteiger charge is 2.16. The summed E-state index contributed by atoms with van der Waals surface area (Å²) >= 11 is 5.61. The molecule has 4 nitrogen and oxygen atoms in total. The number of carbonyl (C=O) groups excluding carboxylic acids is 2. The number of hydrogen-bond donors (Lipinski definition) is 1. The van der Waals surface area contributed by atoms with Crippen LogP contribution in [0.25, 0.3) is 0 Å². The zero-order valence-corrected chi connectivity index (χ0v) is 8.04. The average molecular weight is 215 g/mol. The SMILES string of the molecule is COC(=O)c1ccc(Cl)c(C=O)c1O. The summed E-state index contributed by atoms with van der Waals surface area (Å²) in [6.07, 6.45) is 0.379. The Balaban J connectivity index is 3.35. The van der Waals surface area contributed by atoms with Crippen molar-refractivity contribution >= 4 is 23.9 Å². The summed E-state index contributed by atoms with van der Waals surface area (Å²) in [5, 5.41) is 9.54. The van der Waals surface area contributed by atoms with Crippen LogP contribution in [0, 0.1) is 0 Å². The van der Waals surface area contributed by atoms with Gasteiger partial charge in [-0.3, -0.25) is 4.79 Å². The molecule has 1 aromatic rings. The number of phenolic OH excluding ortho intramolecular Hbond substituents is 1. The lowest BCUT2D eigenvalue weighted by molar-refractivity contribution is 0.0597. The van der Waals surface area contributed by atoms with Crippen molar-refractivity contribution in [3.05, 3.63) is 28.3 Å². The highest BCUT2D eigenvalue weighted by atomic mass is 35.5. The first-order valence-corrected chi connectivity index (χ1v) is 4.04. The topological polar surface area (TPSA) is 63.6 Å². The number of benzene rings is 1. The molecule has 1 rings (SSSR count). The molecule has 1 aromatic carbocycles. The summed E-state index contributed by atoms with van der Waals surface area (Å²) in [6.45, 7) is 0. The second-order valence-corrected chi connectivity index (χ2v) is 2.87. The van der Waals surface area contributed by atoms with Crippen LogP contribution < -0.4 is 0 Å². The first kappa shape index (κ1) is 10.5. The maximum Gasteiger partial charge on any atom is 0.341 e. The molecular formula is C9H7ClO4. The van der Waals surface area contributed by atoms with Gasteiger partial charge in [-0.15, -0.1) is 0 Å². The monoisotopic (exact) mass is 214 g/mol. The van der Waals surface area contributed by atoms with E-state index in [-0.39, 0.29) is 16.1 Å². The highest BCUT2D eigenvalue weighted by molar-refractivity contribution is 6.33. The molecule has 0 unspecified atom stereocenters. The number of hydrogen-bond acceptors (Lipinski definition) is 4. The van der Waals surface area contributed by atoms with Crippen molar-refractivity contribution in [1.82, 2.24) is 0 Å². The van der Waals surface area contributed by atoms with Gasteiger partial charge in [-0.2, -0.15) is 0 Å². The quantitative estimate of drug-likeness (QED) is 0.601. The maximum absolute atomic E-state index is 11.1. The predicted molar refractivity (Wildman–Crippen MR) is 49.8 cm³/mol. The number of esters is 1. The lowest BCUT2D eigenvalue weighted by Crippen LogP contribution is -2.03. The first-order chi connectivity index (χ1) is 6.61. The normalized spacial score (nSPS) is 9.57. The number of aromatic hydroxyl groups is 1. The zero-order chi connectivity index (χ0) is 10.7. The molecule has 0 aliphatic carbocycles. The van der Waals surface area contributed by atoms with Gasteiger partial charge in [-0.1, -0.05) is 11.6 Å². The van der Waals surface area contributed by atoms with E-state index in [2.05, 4.69) is 4.74 Å². The standard InChI is InChI=1S/C9H7ClO4/c1-14-9(13)5-2-3-7(10)6(4-11)8(5)12/h2-4,12H,1H3. The Hall–Kier alpha value is -1.55. The Morgan fingerprint density at radius 1 is 1.57 bits per heavy atom. The van der Waals surface area contributed by atoms with E-state index in [1.54, 1.807) is 0 Å². The van der Waals surface area contributed by atoms with Crippen LogP contribution in [0.2, 0.25) is 5.02 Å². The van der Waals surface area contributed by atoms with Gasteiger partial charge in [0, 0.05) is 0 Å². The van der Waals surface area contributed by atoms with Gasteiger partial charge in [-0.05, 0) is 12.1 Å². The minimum atomic E-state index is -0.720. The van der Waals surface area contributed by atoms with Gasteiger partial charge in [0.2, 0.25) is 0 Å². The molecule has 0 bridgehead atoms. The Morgan fingerprint density at radius 2 is 2.21 bits per heavy atom. The summed E-state index contributed by atoms with van der Waals surface area (Å²) < 4.78 is 4.40. The van der Waals surface area contributed by atoms with Crippen LogP contribution in [0.15, 0.2) is 12.1 Å². The molecule has 0 saturated carbocycles. The highest BCUT2D eigenvalue weighted by Crippen LogP contribution is 2.28. The van der Waals surface area contributed by atoms with Crippen LogP contribution in [0.1, 0.15) is 20.7 Å². The van der Waals surface area contributed by atoms with Crippen LogP contribution in [-0.4, -0.2) is 24.5 Å². The molecule has 0 atom stereocenters. The molecule has 0 amide bonds. The smallest absolute Gasteiger partial charge is 0.341 e. The summed E-state index contributed by atoms with van der Waals surface area (Å²) in [6, 6.07) is 2.63. The van der Waals surface area contributed by atoms with Gasteiger partial charge in [0.1, 0.15) is 11.3 Å². The third kappa shape index (κ3) is 1.70. The predicted octanol–water partition coefficient (Wildman–Crippen LogP) is 1.64. The lowest BCUT2D eigenvalue weighted by atomic mass is 10.1. The van der Waals surface area contributed by atoms with E-state index in [0.29, 0.717) is 6.29 Å². The van der Waals surface area contributed by atoms with E-state index in [1.807, 2.05) is 0 Å². The molecule has 74 valence electrons. The number of rotatable bonds is 2. The summed E-state index contributed by atoms with van der Waals surface area (Å²) in [7, 11) is 1.18. The van der Waals surface area contributed by atoms with E-state index in [4.69, 9.17) is 11.6 Å². The van der Waals surface area contributed by atoms with Crippen molar-refractivity contribution in [2.45, 2.75) is 0 Å². The van der Waals surface area contributed by atoms with Crippen LogP contribution >= 0.6 is 11.6 Å². The number of halogens is 1. The minimum absolute atomic E-state index is 0.0843. The van der Waals surface area contributed by atoms with Crippen LogP contribution in [0.3, 0.4) is 0 Å². The summed E-state index contributed by atoms with van der Waals surface area (Å²) in [4.78, 5) is 21.6. The second kappa shape index (κ2) is 4.11. The fraction of sp³-hybridized carbons (Fsp3) is 0.111. The van der Waals surface area contributed by atoms with Crippen molar-refractivity contribution in [3.63, 3.8) is 0 Å². The number of aldehydes is 1. The average Bonchev–Trinajstić information content (AvgIpc) is 2.18. The van der Waals surface area contributed by atoms with Gasteiger partial charge in [-0.25, -0.2) is 4.79 Å². The summed E-state index contributed by atoms with van der Waals surface area (Å²) in [5.41, 5.74) is -0.200. The number of phenols is 1. The Kier molecular flexibility index (Phi) is 3.09. The molecule has 14 heavy (non-hydrogen) atoms. The van der Waals surface area contributed by atoms with Crippen LogP contribution in [-0.2, 0) is 4.74 Å². The van der Waals surface area contributed by atoms with Crippen molar-refractivity contribution in [1.29, 1.82) is 0 Å². The fourth-order valence-electron chi connectivity index (χ4n) is 0.970. The lowest BCUT2D eigenvalue weighted by Gasteiger charge is -2.05. The molecule has 0 aromatic heterocycles. The molecule has 0 aliphatic heterocycles. The van der Waals surface area contributed by atoms with Gasteiger partial charge in [0.15, 0.2) is 6.29 Å². The molecule has 0 spiro atoms. The molecule has 0 saturated heterocycles. The van der Waals surface area contributed by atoms with E-state index in [1.165, 1.54) is 19.2 Å². The third-order valence-corrected chi connectivity index (χ3v) is 2.02. The van der Waals surface area contributed by atoms with Crippen LogP contribution in [0.5, 0.6) is 5.75 Å². The maximum atomic E-state index is 11.1. The Bertz CT molecular complexity index is 387. The second-order valence-electron chi connectivity index (χ2n) is 2.47. The van der Waals surface area contributed by atoms with Crippen molar-refractivity contribution in [2.75, 3.05) is 7.11 Å². The van der Waals surface area contributed by atoms with Crippen molar-refractivity contribution in [3.8, 4) is 5.75 Å². The number of carbonyl (C=O) groups is 2. The number of ether oxygens (including phenoxy) is 1. The third-order valence-electron chi connectivity index (χ3n) is 1.69. The van der Waals surface area contributed by atoms with Gasteiger partial charge >= 0.3 is 5.97 Å². The molecule has 0 aliphatic rings. The van der Waals surface area contributed by atoms with Gasteiger partial charge in [0.25, 0.3) is 0 Å². The van der Waals surface area contributed by atoms with Crippen molar-refractivity contribution < 1.29 is 19.4 Å². The minimum Gasteiger partial charge on any atom is -0.506 e. The zero-order valence-electron chi connectivity index (χ0n) is 7.28. The molecule has 0 radical (unpaired) electrons. The molecule has 5 heteroatoms. The van der Waals surface area contributed by atoms with E-state index in [9.17, 15) is 14.7 Å². The largest absolute Gasteiger partial charge is 0.506 e. The molecular weight excluding hydrogens is 208 g/mol. The fourth-order valence-corrected chi connectivity index (χ4v) is 1.17. The Morgan fingerprint density at radius 3 is 2.71 bits per heavy atom. The summed E-state index contributed by atoms with van der Waals surface area (Å²) in [5.74, 6) is -1.18.